The quantitative estimate of drug-likeness (QED) is 0.364. The second-order valence-electron chi connectivity index (χ2n) is 1.44. The Bertz CT molecular complexity index is 22.8. The maximum absolute atomic E-state index is 3.75. The van der Waals surface area contributed by atoms with Gasteiger partial charge in [-0.25, -0.2) is 0 Å². The molecule has 0 saturated heterocycles. The zero-order valence-electron chi connectivity index (χ0n) is 2.70. The minimum atomic E-state index is 0. The molecule has 1 aliphatic rings. The van der Waals surface area contributed by atoms with Crippen LogP contribution in [0.2, 0.25) is 0 Å². The van der Waals surface area contributed by atoms with Crippen LogP contribution in [-0.2, 0) is 0 Å². The van der Waals surface area contributed by atoms with Crippen LogP contribution in [0.25, 0.3) is 0 Å². The summed E-state index contributed by atoms with van der Waals surface area (Å²) in [7, 11) is 0. The highest BCUT2D eigenvalue weighted by atomic mass is 27.0. The molecule has 0 aromatic heterocycles. The van der Waals surface area contributed by atoms with Crippen molar-refractivity contribution in [3.63, 3.8) is 0 Å². The molecule has 0 N–H and O–H groups in total. The van der Waals surface area contributed by atoms with Gasteiger partial charge in [0.05, 0.1) is 0 Å². The van der Waals surface area contributed by atoms with Crippen molar-refractivity contribution >= 4 is 17.4 Å². The molecule has 0 aliphatic heterocycles. The minimum Gasteiger partial charge on any atom is -0.0502 e. The van der Waals surface area contributed by atoms with E-state index in [0.29, 0.717) is 0 Å². The molecule has 1 aliphatic carbocycles. The molecule has 1 saturated carbocycles. The zero-order chi connectivity index (χ0) is 2.99. The normalized spacial score (nSPS) is 21.0. The SMILES string of the molecule is [AlH3].[CH2]C1CC1. The molecular formula is C4H10Al. The van der Waals surface area contributed by atoms with E-state index in [0.717, 1.165) is 5.92 Å². The first-order chi connectivity index (χ1) is 1.89. The van der Waals surface area contributed by atoms with E-state index in [1.54, 1.807) is 0 Å². The van der Waals surface area contributed by atoms with Crippen LogP contribution in [0.3, 0.4) is 0 Å². The summed E-state index contributed by atoms with van der Waals surface area (Å²) in [5, 5.41) is 0. The third-order valence-corrected chi connectivity index (χ3v) is 0.697. The van der Waals surface area contributed by atoms with Crippen molar-refractivity contribution in [2.45, 2.75) is 12.8 Å². The molecule has 5 heavy (non-hydrogen) atoms. The lowest BCUT2D eigenvalue weighted by molar-refractivity contribution is 1.12. The first kappa shape index (κ1) is 5.53. The van der Waals surface area contributed by atoms with Gasteiger partial charge in [0.2, 0.25) is 0 Å². The summed E-state index contributed by atoms with van der Waals surface area (Å²) in [5.74, 6) is 0.833. The zero-order valence-corrected chi connectivity index (χ0v) is 2.70. The first-order valence-corrected chi connectivity index (χ1v) is 1.72. The maximum Gasteiger partial charge on any atom is 0.187 e. The molecule has 0 aromatic rings. The van der Waals surface area contributed by atoms with E-state index >= 15 is 0 Å². The van der Waals surface area contributed by atoms with Crippen LogP contribution in [0, 0.1) is 12.8 Å². The Morgan fingerprint density at radius 3 is 1.60 bits per heavy atom. The summed E-state index contributed by atoms with van der Waals surface area (Å²) < 4.78 is 0. The molecule has 0 unspecified atom stereocenters. The van der Waals surface area contributed by atoms with E-state index < -0.39 is 0 Å². The third kappa shape index (κ3) is 2.33. The van der Waals surface area contributed by atoms with Crippen LogP contribution in [0.4, 0.5) is 0 Å². The third-order valence-electron chi connectivity index (χ3n) is 0.697. The van der Waals surface area contributed by atoms with Crippen molar-refractivity contribution in [2.75, 3.05) is 0 Å². The molecule has 0 nitrogen and oxygen atoms in total. The molecule has 0 heterocycles. The maximum atomic E-state index is 3.75. The average molecular weight is 85.1 g/mol. The predicted molar refractivity (Wildman–Crippen MR) is 28.0 cm³/mol. The van der Waals surface area contributed by atoms with E-state index in [2.05, 4.69) is 6.92 Å². The summed E-state index contributed by atoms with van der Waals surface area (Å²) in [4.78, 5) is 0. The van der Waals surface area contributed by atoms with Crippen molar-refractivity contribution in [2.24, 2.45) is 5.92 Å². The average Bonchev–Trinajstić information content (AvgIpc) is 1.75. The predicted octanol–water partition coefficient (Wildman–Crippen LogP) is 0.0466. The molecule has 1 rings (SSSR count). The Labute approximate surface area is 43.7 Å². The van der Waals surface area contributed by atoms with Crippen molar-refractivity contribution in [1.82, 2.24) is 0 Å². The highest BCUT2D eigenvalue weighted by molar-refractivity contribution is 5.75. The molecule has 0 spiro atoms. The smallest absolute Gasteiger partial charge is 0.0502 e. The van der Waals surface area contributed by atoms with Gasteiger partial charge >= 0.3 is 0 Å². The van der Waals surface area contributed by atoms with Gasteiger partial charge in [-0.3, -0.25) is 0 Å². The minimum absolute atomic E-state index is 0. The van der Waals surface area contributed by atoms with Crippen molar-refractivity contribution < 1.29 is 0 Å². The number of hydrogen-bond acceptors (Lipinski definition) is 0. The van der Waals surface area contributed by atoms with Gasteiger partial charge in [-0.1, -0.05) is 19.8 Å². The monoisotopic (exact) mass is 85.1 g/mol. The van der Waals surface area contributed by atoms with E-state index in [4.69, 9.17) is 0 Å². The Morgan fingerprint density at radius 1 is 1.40 bits per heavy atom. The van der Waals surface area contributed by atoms with Crippen molar-refractivity contribution in [3.8, 4) is 0 Å². The highest BCUT2D eigenvalue weighted by Crippen LogP contribution is 2.26. The van der Waals surface area contributed by atoms with Crippen LogP contribution >= 0.6 is 0 Å². The first-order valence-electron chi connectivity index (χ1n) is 1.72. The molecule has 1 fully saturated rings. The lowest BCUT2D eigenvalue weighted by Crippen LogP contribution is -1.43. The lowest BCUT2D eigenvalue weighted by atomic mass is 10.5. The van der Waals surface area contributed by atoms with Crippen LogP contribution < -0.4 is 0 Å². The Balaban J connectivity index is 0.000000160. The summed E-state index contributed by atoms with van der Waals surface area (Å²) in [6.45, 7) is 3.75. The topological polar surface area (TPSA) is 0 Å². The summed E-state index contributed by atoms with van der Waals surface area (Å²) in [6, 6.07) is 0. The number of hydrogen-bond donors (Lipinski definition) is 0. The van der Waals surface area contributed by atoms with Gasteiger partial charge in [-0.2, -0.15) is 0 Å². The van der Waals surface area contributed by atoms with Crippen LogP contribution in [0.15, 0.2) is 0 Å². The second kappa shape index (κ2) is 1.85. The Hall–Kier alpha value is 0.532. The number of rotatable bonds is 0. The molecule has 0 aromatic carbocycles. The Morgan fingerprint density at radius 2 is 1.60 bits per heavy atom. The van der Waals surface area contributed by atoms with Gasteiger partial charge in [-0.15, -0.1) is 0 Å². The summed E-state index contributed by atoms with van der Waals surface area (Å²) in [6.07, 6.45) is 2.75. The molecule has 29 valence electrons. The second-order valence-corrected chi connectivity index (χ2v) is 1.44. The fraction of sp³-hybridized carbons (Fsp3) is 0.750. The molecule has 0 atom stereocenters. The molecule has 0 bridgehead atoms. The van der Waals surface area contributed by atoms with E-state index in [1.807, 2.05) is 0 Å². The van der Waals surface area contributed by atoms with Crippen molar-refractivity contribution in [3.05, 3.63) is 6.92 Å². The lowest BCUT2D eigenvalue weighted by Gasteiger charge is -1.53. The van der Waals surface area contributed by atoms with Gasteiger partial charge < -0.3 is 0 Å². The van der Waals surface area contributed by atoms with Gasteiger partial charge in [0.25, 0.3) is 0 Å². The van der Waals surface area contributed by atoms with Gasteiger partial charge in [0.15, 0.2) is 17.4 Å². The van der Waals surface area contributed by atoms with Crippen LogP contribution in [-0.4, -0.2) is 17.4 Å². The fourth-order valence-electron chi connectivity index (χ4n) is 0.118. The molecule has 0 amide bonds. The highest BCUT2D eigenvalue weighted by Gasteiger charge is 2.12. The van der Waals surface area contributed by atoms with Gasteiger partial charge in [0, 0.05) is 0 Å². The molecule has 1 radical (unpaired) electrons. The molecular weight excluding hydrogens is 75.0 g/mol. The van der Waals surface area contributed by atoms with E-state index in [9.17, 15) is 0 Å². The standard InChI is InChI=1S/C4H7.Al.3H/c1-4-2-3-4;;;;/h4H,1-3H2;;;;. The largest absolute Gasteiger partial charge is 0.187 e. The Kier molecular flexibility index (Phi) is 2.04. The fourth-order valence-corrected chi connectivity index (χ4v) is 0.118. The van der Waals surface area contributed by atoms with Gasteiger partial charge in [0.1, 0.15) is 0 Å². The van der Waals surface area contributed by atoms with Crippen LogP contribution in [0.1, 0.15) is 12.8 Å². The molecule has 1 heteroatoms. The van der Waals surface area contributed by atoms with E-state index in [1.165, 1.54) is 12.8 Å². The van der Waals surface area contributed by atoms with Gasteiger partial charge in [-0.05, 0) is 5.92 Å². The van der Waals surface area contributed by atoms with E-state index in [-0.39, 0.29) is 17.4 Å². The summed E-state index contributed by atoms with van der Waals surface area (Å²) >= 11 is 0. The summed E-state index contributed by atoms with van der Waals surface area (Å²) in [5.41, 5.74) is 0. The van der Waals surface area contributed by atoms with Crippen LogP contribution in [0.5, 0.6) is 0 Å². The van der Waals surface area contributed by atoms with Crippen molar-refractivity contribution in [1.29, 1.82) is 0 Å².